The van der Waals surface area contributed by atoms with E-state index >= 15 is 0 Å². The van der Waals surface area contributed by atoms with Crippen LogP contribution in [0.25, 0.3) is 0 Å². The van der Waals surface area contributed by atoms with Crippen molar-refractivity contribution in [3.63, 3.8) is 0 Å². The Morgan fingerprint density at radius 2 is 1.14 bits per heavy atom. The predicted molar refractivity (Wildman–Crippen MR) is 140 cm³/mol. The third kappa shape index (κ3) is 5.44. The van der Waals surface area contributed by atoms with Gasteiger partial charge >= 0.3 is 0 Å². The molecular weight excluding hydrogens is 456 g/mol. The number of primary amides is 1. The highest BCUT2D eigenvalue weighted by molar-refractivity contribution is 6.31. The van der Waals surface area contributed by atoms with Crippen molar-refractivity contribution < 1.29 is 9.59 Å². The minimum Gasteiger partial charge on any atom is -0.368 e. The van der Waals surface area contributed by atoms with Crippen molar-refractivity contribution in [2.45, 2.75) is 24.3 Å². The lowest BCUT2D eigenvalue weighted by molar-refractivity contribution is -0.127. The summed E-state index contributed by atoms with van der Waals surface area (Å²) in [5.41, 5.74) is 8.61. The lowest BCUT2D eigenvalue weighted by Crippen LogP contribution is -2.48. The average molecular weight is 483 g/mol. The van der Waals surface area contributed by atoms with Crippen molar-refractivity contribution in [1.29, 1.82) is 0 Å². The molecule has 3 N–H and O–H groups in total. The Morgan fingerprint density at radius 1 is 0.714 bits per heavy atom. The highest BCUT2D eigenvalue weighted by atomic mass is 35.5. The van der Waals surface area contributed by atoms with Gasteiger partial charge in [0.2, 0.25) is 11.8 Å². The van der Waals surface area contributed by atoms with Gasteiger partial charge in [-0.25, -0.2) is 0 Å². The molecule has 2 amide bonds. The molecule has 0 unspecified atom stereocenters. The van der Waals surface area contributed by atoms with Crippen LogP contribution in [-0.4, -0.2) is 17.9 Å². The van der Waals surface area contributed by atoms with E-state index in [1.54, 1.807) is 6.07 Å². The topological polar surface area (TPSA) is 72.2 Å². The average Bonchev–Trinajstić information content (AvgIpc) is 2.89. The quantitative estimate of drug-likeness (QED) is 0.319. The van der Waals surface area contributed by atoms with Crippen molar-refractivity contribution in [2.24, 2.45) is 5.73 Å². The number of nitrogens with one attached hydrogen (secondary N) is 1. The third-order valence-electron chi connectivity index (χ3n) is 6.29. The lowest BCUT2D eigenvalue weighted by Gasteiger charge is -2.36. The van der Waals surface area contributed by atoms with Gasteiger partial charge in [0.25, 0.3) is 0 Å². The van der Waals surface area contributed by atoms with Crippen LogP contribution in [-0.2, 0) is 21.4 Å². The highest BCUT2D eigenvalue weighted by Gasteiger charge is 2.39. The minimum absolute atomic E-state index is 0.0946. The standard InChI is InChI=1S/C30H27ClN2O2/c31-26-19-11-10-12-22(26)20-27(29(32)35)33-28(34)21-30(23-13-4-1-5-14-23,24-15-6-2-7-16-24)25-17-8-3-9-18-25/h1-19,27H,20-21H2,(H2,32,35)(H,33,34)/t27-/m0/s1. The molecule has 0 saturated heterocycles. The second-order valence-electron chi connectivity index (χ2n) is 8.50. The molecule has 0 bridgehead atoms. The minimum atomic E-state index is -0.887. The molecule has 4 nitrogen and oxygen atoms in total. The summed E-state index contributed by atoms with van der Waals surface area (Å²) < 4.78 is 0. The van der Waals surface area contributed by atoms with Gasteiger partial charge in [0, 0.05) is 17.9 Å². The third-order valence-corrected chi connectivity index (χ3v) is 6.65. The van der Waals surface area contributed by atoms with Gasteiger partial charge in [0.1, 0.15) is 6.04 Å². The summed E-state index contributed by atoms with van der Waals surface area (Å²) in [6, 6.07) is 36.2. The molecule has 0 aromatic heterocycles. The predicted octanol–water partition coefficient (Wildman–Crippen LogP) is 5.28. The van der Waals surface area contributed by atoms with Crippen LogP contribution in [0.4, 0.5) is 0 Å². The number of carbonyl (C=O) groups excluding carboxylic acids is 2. The van der Waals surface area contributed by atoms with Crippen LogP contribution in [0.2, 0.25) is 5.02 Å². The van der Waals surface area contributed by atoms with Crippen molar-refractivity contribution in [1.82, 2.24) is 5.32 Å². The van der Waals surface area contributed by atoms with E-state index < -0.39 is 17.4 Å². The van der Waals surface area contributed by atoms with E-state index in [-0.39, 0.29) is 18.7 Å². The number of halogens is 1. The highest BCUT2D eigenvalue weighted by Crippen LogP contribution is 2.42. The molecular formula is C30H27ClN2O2. The molecule has 0 aliphatic heterocycles. The Labute approximate surface area is 210 Å². The van der Waals surface area contributed by atoms with E-state index in [1.807, 2.05) is 109 Å². The zero-order chi connectivity index (χ0) is 24.7. The number of hydrogen-bond donors (Lipinski definition) is 2. The van der Waals surface area contributed by atoms with Gasteiger partial charge in [0.15, 0.2) is 0 Å². The van der Waals surface area contributed by atoms with E-state index in [0.29, 0.717) is 5.02 Å². The molecule has 0 fully saturated rings. The van der Waals surface area contributed by atoms with Gasteiger partial charge in [-0.05, 0) is 28.3 Å². The Hall–Kier alpha value is -3.89. The smallest absolute Gasteiger partial charge is 0.240 e. The maximum atomic E-state index is 13.6. The maximum absolute atomic E-state index is 13.6. The van der Waals surface area contributed by atoms with E-state index in [0.717, 1.165) is 22.3 Å². The SMILES string of the molecule is NC(=O)[C@H](Cc1ccccc1Cl)NC(=O)CC(c1ccccc1)(c1ccccc1)c1ccccc1. The summed E-state index contributed by atoms with van der Waals surface area (Å²) in [5.74, 6) is -0.889. The molecule has 0 aliphatic carbocycles. The monoisotopic (exact) mass is 482 g/mol. The summed E-state index contributed by atoms with van der Waals surface area (Å²) in [6.07, 6.45) is 0.313. The van der Waals surface area contributed by atoms with E-state index in [1.165, 1.54) is 0 Å². The fourth-order valence-corrected chi connectivity index (χ4v) is 4.78. The van der Waals surface area contributed by atoms with Crippen LogP contribution in [0.3, 0.4) is 0 Å². The summed E-state index contributed by atoms with van der Waals surface area (Å²) in [4.78, 5) is 25.9. The number of benzene rings is 4. The van der Waals surface area contributed by atoms with Gasteiger partial charge in [-0.15, -0.1) is 0 Å². The van der Waals surface area contributed by atoms with Crippen molar-refractivity contribution in [3.8, 4) is 0 Å². The fourth-order valence-electron chi connectivity index (χ4n) is 4.57. The van der Waals surface area contributed by atoms with Crippen LogP contribution in [0.5, 0.6) is 0 Å². The molecule has 0 aliphatic rings. The normalized spacial score (nSPS) is 12.0. The number of nitrogens with two attached hydrogens (primary N) is 1. The van der Waals surface area contributed by atoms with Crippen molar-refractivity contribution >= 4 is 23.4 Å². The van der Waals surface area contributed by atoms with E-state index in [2.05, 4.69) is 5.32 Å². The maximum Gasteiger partial charge on any atom is 0.240 e. The summed E-state index contributed by atoms with van der Waals surface area (Å²) in [7, 11) is 0. The molecule has 1 atom stereocenters. The number of rotatable bonds is 9. The zero-order valence-corrected chi connectivity index (χ0v) is 20.0. The molecule has 4 aromatic carbocycles. The molecule has 4 rings (SSSR count). The Morgan fingerprint density at radius 3 is 1.57 bits per heavy atom. The van der Waals surface area contributed by atoms with Crippen LogP contribution in [0, 0.1) is 0 Å². The first-order valence-electron chi connectivity index (χ1n) is 11.5. The van der Waals surface area contributed by atoms with Gasteiger partial charge in [-0.2, -0.15) is 0 Å². The van der Waals surface area contributed by atoms with Crippen LogP contribution >= 0.6 is 11.6 Å². The molecule has 176 valence electrons. The molecule has 5 heteroatoms. The van der Waals surface area contributed by atoms with Crippen LogP contribution in [0.1, 0.15) is 28.7 Å². The van der Waals surface area contributed by atoms with Gasteiger partial charge in [-0.3, -0.25) is 9.59 Å². The zero-order valence-electron chi connectivity index (χ0n) is 19.2. The van der Waals surface area contributed by atoms with Gasteiger partial charge in [-0.1, -0.05) is 121 Å². The fraction of sp³-hybridized carbons (Fsp3) is 0.133. The Balaban J connectivity index is 1.74. The largest absolute Gasteiger partial charge is 0.368 e. The molecule has 0 saturated carbocycles. The second-order valence-corrected chi connectivity index (χ2v) is 8.91. The molecule has 35 heavy (non-hydrogen) atoms. The number of amides is 2. The molecule has 0 heterocycles. The summed E-state index contributed by atoms with van der Waals surface area (Å²) >= 11 is 6.29. The molecule has 0 radical (unpaired) electrons. The summed E-state index contributed by atoms with van der Waals surface area (Å²) in [5, 5.41) is 3.41. The van der Waals surface area contributed by atoms with Crippen molar-refractivity contribution in [2.75, 3.05) is 0 Å². The number of carbonyl (C=O) groups is 2. The Bertz CT molecular complexity index is 1180. The number of hydrogen-bond acceptors (Lipinski definition) is 2. The molecule has 0 spiro atoms. The first-order chi connectivity index (χ1) is 17.0. The van der Waals surface area contributed by atoms with Crippen molar-refractivity contribution in [3.05, 3.63) is 143 Å². The van der Waals surface area contributed by atoms with Crippen LogP contribution < -0.4 is 11.1 Å². The summed E-state index contributed by atoms with van der Waals surface area (Å²) in [6.45, 7) is 0. The first-order valence-corrected chi connectivity index (χ1v) is 11.9. The Kier molecular flexibility index (Phi) is 7.64. The lowest BCUT2D eigenvalue weighted by atomic mass is 9.67. The van der Waals surface area contributed by atoms with Gasteiger partial charge < -0.3 is 11.1 Å². The second kappa shape index (κ2) is 11.0. The molecule has 4 aromatic rings. The van der Waals surface area contributed by atoms with E-state index in [4.69, 9.17) is 17.3 Å². The van der Waals surface area contributed by atoms with E-state index in [9.17, 15) is 9.59 Å². The first kappa shape index (κ1) is 24.2. The van der Waals surface area contributed by atoms with Crippen LogP contribution in [0.15, 0.2) is 115 Å². The van der Waals surface area contributed by atoms with Gasteiger partial charge in [0.05, 0.1) is 5.41 Å².